The zero-order chi connectivity index (χ0) is 18.5. The third-order valence-electron chi connectivity index (χ3n) is 3.94. The first kappa shape index (κ1) is 17.7. The van der Waals surface area contributed by atoms with Crippen LogP contribution >= 0.6 is 11.3 Å². The van der Waals surface area contributed by atoms with Crippen LogP contribution < -0.4 is 9.47 Å². The number of methoxy groups -OCH3 is 2. The van der Waals surface area contributed by atoms with Crippen molar-refractivity contribution in [3.05, 3.63) is 64.7 Å². The van der Waals surface area contributed by atoms with Crippen molar-refractivity contribution in [1.82, 2.24) is 4.98 Å². The lowest BCUT2D eigenvalue weighted by Crippen LogP contribution is -1.92. The van der Waals surface area contributed by atoms with Crippen molar-refractivity contribution in [2.24, 2.45) is 0 Å². The summed E-state index contributed by atoms with van der Waals surface area (Å²) < 4.78 is 10.6. The number of ether oxygens (including phenoxy) is 2. The topological polar surface area (TPSA) is 55.1 Å². The fraction of sp³-hybridized carbons (Fsp3) is 0.143. The lowest BCUT2D eigenvalue weighted by molar-refractivity contribution is 0.355. The Bertz CT molecular complexity index is 985. The van der Waals surface area contributed by atoms with Crippen LogP contribution in [-0.2, 0) is 0 Å². The first-order chi connectivity index (χ1) is 12.7. The van der Waals surface area contributed by atoms with Gasteiger partial charge in [-0.15, -0.1) is 11.3 Å². The van der Waals surface area contributed by atoms with Crippen LogP contribution in [-0.4, -0.2) is 19.2 Å². The largest absolute Gasteiger partial charge is 0.493 e. The van der Waals surface area contributed by atoms with Gasteiger partial charge >= 0.3 is 0 Å². The number of rotatable bonds is 5. The van der Waals surface area contributed by atoms with Crippen LogP contribution in [0, 0.1) is 18.3 Å². The molecule has 0 saturated heterocycles. The van der Waals surface area contributed by atoms with E-state index in [0.29, 0.717) is 17.1 Å². The SMILES string of the molecule is COc1ccc(/C(C#N)=C/c2sc(-c3ccccc3)nc2C)cc1OC. The quantitative estimate of drug-likeness (QED) is 0.585. The molecule has 1 heterocycles. The smallest absolute Gasteiger partial charge is 0.161 e. The molecular weight excluding hydrogens is 344 g/mol. The molecule has 0 aliphatic rings. The predicted octanol–water partition coefficient (Wildman–Crippen LogP) is 5.20. The molecule has 4 nitrogen and oxygen atoms in total. The van der Waals surface area contributed by atoms with Gasteiger partial charge in [0.1, 0.15) is 5.01 Å². The second kappa shape index (κ2) is 7.85. The fourth-order valence-electron chi connectivity index (χ4n) is 2.56. The molecule has 0 radical (unpaired) electrons. The molecule has 0 bridgehead atoms. The van der Waals surface area contributed by atoms with Crippen LogP contribution in [0.4, 0.5) is 0 Å². The highest BCUT2D eigenvalue weighted by molar-refractivity contribution is 7.16. The van der Waals surface area contributed by atoms with E-state index < -0.39 is 0 Å². The highest BCUT2D eigenvalue weighted by Gasteiger charge is 2.11. The summed E-state index contributed by atoms with van der Waals surface area (Å²) in [6.07, 6.45) is 1.88. The maximum atomic E-state index is 9.64. The minimum atomic E-state index is 0.553. The Kier molecular flexibility index (Phi) is 5.35. The zero-order valence-electron chi connectivity index (χ0n) is 14.8. The molecule has 3 aromatic rings. The molecule has 0 aliphatic carbocycles. The van der Waals surface area contributed by atoms with Gasteiger partial charge in [0.2, 0.25) is 0 Å². The van der Waals surface area contributed by atoms with E-state index in [-0.39, 0.29) is 0 Å². The second-order valence-corrected chi connectivity index (χ2v) is 6.60. The molecule has 5 heteroatoms. The van der Waals surface area contributed by atoms with Gasteiger partial charge in [0.05, 0.1) is 36.4 Å². The van der Waals surface area contributed by atoms with Crippen molar-refractivity contribution >= 4 is 23.0 Å². The van der Waals surface area contributed by atoms with Crippen molar-refractivity contribution in [2.75, 3.05) is 14.2 Å². The molecular formula is C21H18N2O2S. The molecule has 0 unspecified atom stereocenters. The molecule has 0 fully saturated rings. The van der Waals surface area contributed by atoms with Crippen LogP contribution in [0.25, 0.3) is 22.2 Å². The summed E-state index contributed by atoms with van der Waals surface area (Å²) in [5.41, 5.74) is 3.31. The summed E-state index contributed by atoms with van der Waals surface area (Å²) in [7, 11) is 3.17. The minimum absolute atomic E-state index is 0.553. The van der Waals surface area contributed by atoms with E-state index in [1.165, 1.54) is 0 Å². The number of thiazole rings is 1. The number of aryl methyl sites for hydroxylation is 1. The number of benzene rings is 2. The third kappa shape index (κ3) is 3.61. The van der Waals surface area contributed by atoms with E-state index in [1.54, 1.807) is 31.6 Å². The number of hydrogen-bond donors (Lipinski definition) is 0. The van der Waals surface area contributed by atoms with Gasteiger partial charge in [0.25, 0.3) is 0 Å². The van der Waals surface area contributed by atoms with Gasteiger partial charge in [-0.3, -0.25) is 0 Å². The fourth-order valence-corrected chi connectivity index (χ4v) is 3.58. The lowest BCUT2D eigenvalue weighted by atomic mass is 10.1. The molecule has 0 spiro atoms. The normalized spacial score (nSPS) is 11.1. The molecule has 0 atom stereocenters. The van der Waals surface area contributed by atoms with Crippen LogP contribution in [0.3, 0.4) is 0 Å². The van der Waals surface area contributed by atoms with E-state index in [1.807, 2.05) is 55.5 Å². The Morgan fingerprint density at radius 3 is 2.46 bits per heavy atom. The second-order valence-electron chi connectivity index (χ2n) is 5.57. The van der Waals surface area contributed by atoms with Crippen LogP contribution in [0.5, 0.6) is 11.5 Å². The average Bonchev–Trinajstić information content (AvgIpc) is 3.06. The van der Waals surface area contributed by atoms with Crippen molar-refractivity contribution in [3.63, 3.8) is 0 Å². The Balaban J connectivity index is 2.00. The van der Waals surface area contributed by atoms with E-state index in [0.717, 1.165) is 26.7 Å². The molecule has 0 amide bonds. The predicted molar refractivity (Wildman–Crippen MR) is 105 cm³/mol. The summed E-state index contributed by atoms with van der Waals surface area (Å²) in [5, 5.41) is 10.6. The van der Waals surface area contributed by atoms with Crippen molar-refractivity contribution in [3.8, 4) is 28.1 Å². The number of hydrogen-bond acceptors (Lipinski definition) is 5. The van der Waals surface area contributed by atoms with Gasteiger partial charge in [-0.2, -0.15) is 5.26 Å². The van der Waals surface area contributed by atoms with E-state index in [2.05, 4.69) is 11.1 Å². The first-order valence-electron chi connectivity index (χ1n) is 8.03. The summed E-state index contributed by atoms with van der Waals surface area (Å²) in [4.78, 5) is 5.61. The first-order valence-corrected chi connectivity index (χ1v) is 8.85. The number of aromatic nitrogens is 1. The standard InChI is InChI=1S/C21H18N2O2S/c1-14-20(26-21(23-14)15-7-5-4-6-8-15)12-17(13-22)16-9-10-18(24-2)19(11-16)25-3/h4-12H,1-3H3/b17-12+. The van der Waals surface area contributed by atoms with Crippen LogP contribution in [0.1, 0.15) is 16.1 Å². The van der Waals surface area contributed by atoms with Crippen molar-refractivity contribution in [2.45, 2.75) is 6.92 Å². The molecule has 2 aromatic carbocycles. The number of nitrogens with zero attached hydrogens (tertiary/aromatic N) is 2. The van der Waals surface area contributed by atoms with Crippen molar-refractivity contribution in [1.29, 1.82) is 5.26 Å². The van der Waals surface area contributed by atoms with Gasteiger partial charge in [-0.1, -0.05) is 30.3 Å². The average molecular weight is 362 g/mol. The summed E-state index contributed by atoms with van der Waals surface area (Å²) in [6, 6.07) is 17.8. The monoisotopic (exact) mass is 362 g/mol. The van der Waals surface area contributed by atoms with E-state index in [9.17, 15) is 5.26 Å². The molecule has 1 aromatic heterocycles. The highest BCUT2D eigenvalue weighted by Crippen LogP contribution is 2.33. The van der Waals surface area contributed by atoms with Gasteiger partial charge in [-0.25, -0.2) is 4.98 Å². The van der Waals surface area contributed by atoms with Gasteiger partial charge in [0.15, 0.2) is 11.5 Å². The maximum Gasteiger partial charge on any atom is 0.161 e. The lowest BCUT2D eigenvalue weighted by Gasteiger charge is -2.09. The van der Waals surface area contributed by atoms with Gasteiger partial charge < -0.3 is 9.47 Å². The molecule has 0 N–H and O–H groups in total. The molecule has 0 saturated carbocycles. The molecule has 0 aliphatic heterocycles. The van der Waals surface area contributed by atoms with Crippen LogP contribution in [0.15, 0.2) is 48.5 Å². The Morgan fingerprint density at radius 2 is 1.81 bits per heavy atom. The Labute approximate surface area is 157 Å². The third-order valence-corrected chi connectivity index (χ3v) is 5.10. The molecule has 130 valence electrons. The zero-order valence-corrected chi connectivity index (χ0v) is 15.6. The highest BCUT2D eigenvalue weighted by atomic mass is 32.1. The van der Waals surface area contributed by atoms with Crippen LogP contribution in [0.2, 0.25) is 0 Å². The summed E-state index contributed by atoms with van der Waals surface area (Å²) >= 11 is 1.57. The number of nitriles is 1. The minimum Gasteiger partial charge on any atom is -0.493 e. The van der Waals surface area contributed by atoms with Gasteiger partial charge in [0, 0.05) is 5.56 Å². The molecule has 3 rings (SSSR count). The number of allylic oxidation sites excluding steroid dienone is 1. The van der Waals surface area contributed by atoms with Crippen molar-refractivity contribution < 1.29 is 9.47 Å². The van der Waals surface area contributed by atoms with E-state index >= 15 is 0 Å². The Morgan fingerprint density at radius 1 is 1.08 bits per heavy atom. The summed E-state index contributed by atoms with van der Waals surface area (Å²) in [6.45, 7) is 1.96. The van der Waals surface area contributed by atoms with Gasteiger partial charge in [-0.05, 0) is 36.8 Å². The molecule has 26 heavy (non-hydrogen) atoms. The van der Waals surface area contributed by atoms with E-state index in [4.69, 9.17) is 9.47 Å². The Hall–Kier alpha value is -3.10. The summed E-state index contributed by atoms with van der Waals surface area (Å²) in [5.74, 6) is 1.23. The maximum absolute atomic E-state index is 9.64.